The van der Waals surface area contributed by atoms with Crippen LogP contribution >= 0.6 is 0 Å². The number of rotatable bonds is 6. The van der Waals surface area contributed by atoms with Gasteiger partial charge in [0.05, 0.1) is 11.4 Å². The zero-order valence-electron chi connectivity index (χ0n) is 10.2. The summed E-state index contributed by atoms with van der Waals surface area (Å²) in [5.74, 6) is 0. The molecule has 0 amide bonds. The quantitative estimate of drug-likeness (QED) is 0.751. The van der Waals surface area contributed by atoms with Crippen LogP contribution in [0.1, 0.15) is 31.2 Å². The molecule has 4 heteroatoms. The number of aliphatic hydroxyl groups is 1. The number of aliphatic hydroxyl groups excluding tert-OH is 1. The van der Waals surface area contributed by atoms with Gasteiger partial charge >= 0.3 is 0 Å². The Morgan fingerprint density at radius 2 is 2.31 bits per heavy atom. The van der Waals surface area contributed by atoms with E-state index in [1.165, 1.54) is 5.69 Å². The molecule has 2 rings (SSSR count). The summed E-state index contributed by atoms with van der Waals surface area (Å²) in [6.45, 7) is 4.18. The fourth-order valence-electron chi connectivity index (χ4n) is 1.93. The summed E-state index contributed by atoms with van der Waals surface area (Å²) in [5.41, 5.74) is 2.54. The molecule has 0 spiro atoms. The van der Waals surface area contributed by atoms with E-state index in [4.69, 9.17) is 0 Å². The van der Waals surface area contributed by atoms with Crippen molar-refractivity contribution in [2.75, 3.05) is 13.2 Å². The van der Waals surface area contributed by atoms with Gasteiger partial charge in [-0.05, 0) is 25.3 Å². The molecule has 0 atom stereocenters. The summed E-state index contributed by atoms with van der Waals surface area (Å²) in [6, 6.07) is 2.14. The molecule has 0 saturated heterocycles. The highest BCUT2D eigenvalue weighted by atomic mass is 16.3. The second-order valence-corrected chi connectivity index (χ2v) is 4.87. The van der Waals surface area contributed by atoms with Crippen LogP contribution in [0.25, 0.3) is 0 Å². The van der Waals surface area contributed by atoms with Gasteiger partial charge in [0.2, 0.25) is 0 Å². The van der Waals surface area contributed by atoms with E-state index in [-0.39, 0.29) is 5.41 Å². The van der Waals surface area contributed by atoms with Crippen molar-refractivity contribution in [3.8, 4) is 0 Å². The Kier molecular flexibility index (Phi) is 3.30. The van der Waals surface area contributed by atoms with Crippen LogP contribution in [-0.4, -0.2) is 28.0 Å². The first kappa shape index (κ1) is 11.6. The summed E-state index contributed by atoms with van der Waals surface area (Å²) < 4.78 is 1.93. The van der Waals surface area contributed by atoms with Gasteiger partial charge < -0.3 is 10.4 Å². The highest BCUT2D eigenvalue weighted by Gasteiger charge is 2.41. The number of hydrogen-bond acceptors (Lipinski definition) is 3. The Bertz CT molecular complexity index is 355. The van der Waals surface area contributed by atoms with Crippen molar-refractivity contribution in [2.45, 2.75) is 32.7 Å². The van der Waals surface area contributed by atoms with Gasteiger partial charge in [0.15, 0.2) is 0 Å². The molecule has 1 aromatic heterocycles. The van der Waals surface area contributed by atoms with Gasteiger partial charge in [-0.15, -0.1) is 0 Å². The zero-order valence-corrected chi connectivity index (χ0v) is 10.2. The van der Waals surface area contributed by atoms with Gasteiger partial charge in [-0.2, -0.15) is 5.10 Å². The molecule has 1 fully saturated rings. The molecule has 4 nitrogen and oxygen atoms in total. The lowest BCUT2D eigenvalue weighted by Crippen LogP contribution is -2.26. The topological polar surface area (TPSA) is 50.1 Å². The molecule has 16 heavy (non-hydrogen) atoms. The van der Waals surface area contributed by atoms with Crippen LogP contribution in [0.3, 0.4) is 0 Å². The second kappa shape index (κ2) is 4.55. The standard InChI is InChI=1S/C12H21N3O/c1-3-10-6-11(15(2)14-10)7-13-8-12(9-16)4-5-12/h6,13,16H,3-5,7-9H2,1-2H3. The van der Waals surface area contributed by atoms with E-state index in [0.29, 0.717) is 6.61 Å². The molecular weight excluding hydrogens is 202 g/mol. The summed E-state index contributed by atoms with van der Waals surface area (Å²) in [5, 5.41) is 17.0. The Hall–Kier alpha value is -0.870. The average molecular weight is 223 g/mol. The van der Waals surface area contributed by atoms with E-state index in [1.807, 2.05) is 11.7 Å². The molecule has 1 saturated carbocycles. The first-order valence-corrected chi connectivity index (χ1v) is 6.02. The second-order valence-electron chi connectivity index (χ2n) is 4.87. The SMILES string of the molecule is CCc1cc(CNCC2(CO)CC2)n(C)n1. The first-order chi connectivity index (χ1) is 7.69. The van der Waals surface area contributed by atoms with Crippen LogP contribution in [-0.2, 0) is 20.0 Å². The maximum absolute atomic E-state index is 9.19. The summed E-state index contributed by atoms with van der Waals surface area (Å²) in [4.78, 5) is 0. The summed E-state index contributed by atoms with van der Waals surface area (Å²) in [6.07, 6.45) is 3.29. The van der Waals surface area contributed by atoms with Crippen LogP contribution < -0.4 is 5.32 Å². The molecule has 0 radical (unpaired) electrons. The molecule has 90 valence electrons. The van der Waals surface area contributed by atoms with Crippen LogP contribution in [0.15, 0.2) is 6.07 Å². The molecule has 1 aromatic rings. The Labute approximate surface area is 96.7 Å². The van der Waals surface area contributed by atoms with Gasteiger partial charge in [0.25, 0.3) is 0 Å². The molecule has 1 aliphatic carbocycles. The third-order valence-electron chi connectivity index (χ3n) is 3.49. The van der Waals surface area contributed by atoms with Crippen LogP contribution in [0.5, 0.6) is 0 Å². The Balaban J connectivity index is 1.82. The van der Waals surface area contributed by atoms with Crippen molar-refractivity contribution in [1.29, 1.82) is 0 Å². The fraction of sp³-hybridized carbons (Fsp3) is 0.750. The lowest BCUT2D eigenvalue weighted by molar-refractivity contribution is 0.207. The predicted octanol–water partition coefficient (Wildman–Crippen LogP) is 0.845. The number of aromatic nitrogens is 2. The van der Waals surface area contributed by atoms with Gasteiger partial charge in [-0.25, -0.2) is 0 Å². The first-order valence-electron chi connectivity index (χ1n) is 6.02. The Morgan fingerprint density at radius 3 is 2.81 bits per heavy atom. The van der Waals surface area contributed by atoms with Crippen molar-refractivity contribution in [2.24, 2.45) is 12.5 Å². The number of nitrogens with one attached hydrogen (secondary N) is 1. The molecule has 2 N–H and O–H groups in total. The van der Waals surface area contributed by atoms with Crippen LogP contribution in [0.4, 0.5) is 0 Å². The monoisotopic (exact) mass is 223 g/mol. The number of hydrogen-bond donors (Lipinski definition) is 2. The minimum Gasteiger partial charge on any atom is -0.396 e. The Morgan fingerprint density at radius 1 is 1.56 bits per heavy atom. The smallest absolute Gasteiger partial charge is 0.0625 e. The molecule has 0 bridgehead atoms. The highest BCUT2D eigenvalue weighted by molar-refractivity contribution is 5.10. The van der Waals surface area contributed by atoms with Gasteiger partial charge in [-0.3, -0.25) is 4.68 Å². The molecule has 0 aromatic carbocycles. The minimum absolute atomic E-state index is 0.187. The fourth-order valence-corrected chi connectivity index (χ4v) is 1.93. The van der Waals surface area contributed by atoms with Crippen molar-refractivity contribution >= 4 is 0 Å². The lowest BCUT2D eigenvalue weighted by atomic mass is 10.1. The number of nitrogens with zero attached hydrogens (tertiary/aromatic N) is 2. The van der Waals surface area contributed by atoms with Gasteiger partial charge in [0, 0.05) is 32.2 Å². The third-order valence-corrected chi connectivity index (χ3v) is 3.49. The summed E-state index contributed by atoms with van der Waals surface area (Å²) in [7, 11) is 1.98. The van der Waals surface area contributed by atoms with Crippen LogP contribution in [0.2, 0.25) is 0 Å². The zero-order chi connectivity index (χ0) is 11.6. The molecule has 1 heterocycles. The van der Waals surface area contributed by atoms with Gasteiger partial charge in [-0.1, -0.05) is 6.92 Å². The van der Waals surface area contributed by atoms with Crippen molar-refractivity contribution in [3.63, 3.8) is 0 Å². The van der Waals surface area contributed by atoms with E-state index in [2.05, 4.69) is 23.4 Å². The number of aryl methyl sites for hydroxylation is 2. The van der Waals surface area contributed by atoms with E-state index < -0.39 is 0 Å². The third kappa shape index (κ3) is 2.44. The van der Waals surface area contributed by atoms with E-state index in [0.717, 1.165) is 38.0 Å². The lowest BCUT2D eigenvalue weighted by Gasteiger charge is -2.12. The molecule has 0 aliphatic heterocycles. The average Bonchev–Trinajstić information content (AvgIpc) is 2.98. The van der Waals surface area contributed by atoms with Crippen molar-refractivity contribution < 1.29 is 5.11 Å². The van der Waals surface area contributed by atoms with Crippen LogP contribution in [0, 0.1) is 5.41 Å². The maximum Gasteiger partial charge on any atom is 0.0625 e. The van der Waals surface area contributed by atoms with E-state index >= 15 is 0 Å². The highest BCUT2D eigenvalue weighted by Crippen LogP contribution is 2.44. The van der Waals surface area contributed by atoms with Gasteiger partial charge in [0.1, 0.15) is 0 Å². The molecule has 0 unspecified atom stereocenters. The summed E-state index contributed by atoms with van der Waals surface area (Å²) >= 11 is 0. The predicted molar refractivity (Wildman–Crippen MR) is 63.0 cm³/mol. The normalized spacial score (nSPS) is 17.7. The van der Waals surface area contributed by atoms with Crippen molar-refractivity contribution in [3.05, 3.63) is 17.5 Å². The molecule has 1 aliphatic rings. The van der Waals surface area contributed by atoms with E-state index in [9.17, 15) is 5.11 Å². The largest absolute Gasteiger partial charge is 0.396 e. The van der Waals surface area contributed by atoms with Crippen molar-refractivity contribution in [1.82, 2.24) is 15.1 Å². The van der Waals surface area contributed by atoms with E-state index in [1.54, 1.807) is 0 Å². The molecular formula is C12H21N3O. The minimum atomic E-state index is 0.187. The maximum atomic E-state index is 9.19.